The molecule has 5 N–H and O–H groups in total. The fourth-order valence-electron chi connectivity index (χ4n) is 5.29. The molecule has 0 aliphatic carbocycles. The van der Waals surface area contributed by atoms with Gasteiger partial charge in [-0.05, 0) is 43.5 Å². The normalized spacial score (nSPS) is 14.2. The minimum absolute atomic E-state index is 0.00594. The third-order valence-electron chi connectivity index (χ3n) is 7.30. The molecular formula is C29H32N6O3. The topological polar surface area (TPSA) is 141 Å². The number of nitrogens with two attached hydrogens (primary N) is 1. The number of amidine groups is 2. The number of imidazole rings is 1. The molecule has 0 bridgehead atoms. The summed E-state index contributed by atoms with van der Waals surface area (Å²) in [4.78, 5) is 18.5. The second kappa shape index (κ2) is 10.2. The van der Waals surface area contributed by atoms with Crippen molar-refractivity contribution in [2.24, 2.45) is 5.73 Å². The van der Waals surface area contributed by atoms with Crippen LogP contribution < -0.4 is 10.5 Å². The van der Waals surface area contributed by atoms with E-state index in [1.54, 1.807) is 0 Å². The Morgan fingerprint density at radius 2 is 1.82 bits per heavy atom. The lowest BCUT2D eigenvalue weighted by molar-refractivity contribution is -0.137. The number of aromatic nitrogens is 2. The molecule has 0 amide bonds. The number of rotatable bonds is 7. The predicted octanol–water partition coefficient (Wildman–Crippen LogP) is 4.63. The molecule has 9 nitrogen and oxygen atoms in total. The van der Waals surface area contributed by atoms with Crippen molar-refractivity contribution >= 4 is 39.4 Å². The van der Waals surface area contributed by atoms with E-state index >= 15 is 0 Å². The smallest absolute Gasteiger partial charge is 0.303 e. The number of benzene rings is 3. The zero-order chi connectivity index (χ0) is 27.0. The van der Waals surface area contributed by atoms with E-state index in [0.717, 1.165) is 64.7 Å². The number of likely N-dealkylation sites (tertiary alicyclic amines) is 1. The average Bonchev–Trinajstić information content (AvgIpc) is 3.27. The van der Waals surface area contributed by atoms with Crippen LogP contribution in [0.25, 0.3) is 27.5 Å². The molecular weight excluding hydrogens is 480 g/mol. The molecule has 9 heteroatoms. The van der Waals surface area contributed by atoms with Gasteiger partial charge in [0.2, 0.25) is 0 Å². The first-order valence-corrected chi connectivity index (χ1v) is 12.8. The van der Waals surface area contributed by atoms with Crippen LogP contribution in [0.15, 0.2) is 48.5 Å². The van der Waals surface area contributed by atoms with Gasteiger partial charge in [-0.1, -0.05) is 24.3 Å². The van der Waals surface area contributed by atoms with Gasteiger partial charge in [0, 0.05) is 48.9 Å². The molecule has 1 aromatic heterocycles. The maximum atomic E-state index is 11.5. The summed E-state index contributed by atoms with van der Waals surface area (Å²) in [5, 5.41) is 27.0. The number of aliphatic carboxylic acids is 1. The number of nitrogens with one attached hydrogen (secondary N) is 2. The highest BCUT2D eigenvalue weighted by molar-refractivity contribution is 6.10. The first-order chi connectivity index (χ1) is 18.2. The van der Waals surface area contributed by atoms with Gasteiger partial charge in [0.1, 0.15) is 23.5 Å². The van der Waals surface area contributed by atoms with E-state index in [1.165, 1.54) is 0 Å². The quantitative estimate of drug-likeness (QED) is 0.210. The van der Waals surface area contributed by atoms with Gasteiger partial charge in [0.25, 0.3) is 0 Å². The number of ether oxygens (including phenoxy) is 1. The minimum Gasteiger partial charge on any atom is -0.490 e. The number of hydrogen-bond acceptors (Lipinski definition) is 5. The molecule has 1 fully saturated rings. The van der Waals surface area contributed by atoms with Gasteiger partial charge in [0.15, 0.2) is 0 Å². The van der Waals surface area contributed by atoms with Crippen molar-refractivity contribution in [3.05, 3.63) is 65.5 Å². The molecule has 196 valence electrons. The third-order valence-corrected chi connectivity index (χ3v) is 7.30. The lowest BCUT2D eigenvalue weighted by Crippen LogP contribution is -2.40. The maximum absolute atomic E-state index is 11.5. The Hall–Kier alpha value is -4.40. The first kappa shape index (κ1) is 25.3. The van der Waals surface area contributed by atoms with Gasteiger partial charge in [-0.3, -0.25) is 20.2 Å². The highest BCUT2D eigenvalue weighted by atomic mass is 16.5. The molecule has 1 saturated heterocycles. The molecule has 5 rings (SSSR count). The largest absolute Gasteiger partial charge is 0.490 e. The van der Waals surface area contributed by atoms with E-state index in [1.807, 2.05) is 66.9 Å². The van der Waals surface area contributed by atoms with Crippen molar-refractivity contribution < 1.29 is 14.6 Å². The summed E-state index contributed by atoms with van der Waals surface area (Å²) >= 11 is 0. The molecule has 4 aromatic rings. The van der Waals surface area contributed by atoms with Gasteiger partial charge in [-0.15, -0.1) is 0 Å². The van der Waals surface area contributed by atoms with E-state index in [9.17, 15) is 9.90 Å². The van der Waals surface area contributed by atoms with Crippen LogP contribution in [0, 0.1) is 17.7 Å². The van der Waals surface area contributed by atoms with Crippen molar-refractivity contribution in [3.8, 4) is 11.4 Å². The minimum atomic E-state index is -0.882. The van der Waals surface area contributed by atoms with Crippen LogP contribution in [-0.4, -0.2) is 56.4 Å². The second-order valence-electron chi connectivity index (χ2n) is 9.79. The molecule has 0 radical (unpaired) electrons. The van der Waals surface area contributed by atoms with Crippen LogP contribution in [0.5, 0.6) is 5.75 Å². The molecule has 0 unspecified atom stereocenters. The third kappa shape index (κ3) is 4.67. The Kier molecular flexibility index (Phi) is 6.75. The fraction of sp³-hybridized carbons (Fsp3) is 0.310. The Bertz CT molecular complexity index is 1570. The molecule has 3 aromatic carbocycles. The van der Waals surface area contributed by atoms with Crippen molar-refractivity contribution in [1.29, 1.82) is 10.8 Å². The molecule has 38 heavy (non-hydrogen) atoms. The van der Waals surface area contributed by atoms with E-state index in [4.69, 9.17) is 26.3 Å². The number of piperidine rings is 1. The molecule has 2 heterocycles. The fourth-order valence-corrected chi connectivity index (χ4v) is 5.29. The molecule has 0 saturated carbocycles. The van der Waals surface area contributed by atoms with Crippen LogP contribution in [-0.2, 0) is 11.2 Å². The number of aryl methyl sites for hydroxylation is 2. The monoisotopic (exact) mass is 512 g/mol. The van der Waals surface area contributed by atoms with E-state index in [2.05, 4.69) is 4.90 Å². The Balaban J connectivity index is 1.60. The molecule has 1 aliphatic rings. The van der Waals surface area contributed by atoms with Crippen LogP contribution in [0.2, 0.25) is 0 Å². The van der Waals surface area contributed by atoms with E-state index < -0.39 is 5.97 Å². The van der Waals surface area contributed by atoms with Gasteiger partial charge >= 0.3 is 5.97 Å². The summed E-state index contributed by atoms with van der Waals surface area (Å²) in [5.74, 6) is 1.12. The summed E-state index contributed by atoms with van der Waals surface area (Å²) in [7, 11) is 0. The standard InChI is InChI=1S/C29H32N6O3/c1-17-25(38-19-13-15-34(16-14-19)18(2)30)10-9-24-28(17)33-26(11-12-27(36)37)35(24)23-8-7-22(29(31)32)20-5-3-4-6-21(20)23/h3-10,19,30H,11-16H2,1-2H3,(H3,31,32)(H,36,37). The second-order valence-corrected chi connectivity index (χ2v) is 9.79. The Labute approximate surface area is 220 Å². The molecule has 1 aliphatic heterocycles. The highest BCUT2D eigenvalue weighted by Crippen LogP contribution is 2.34. The SMILES string of the molecule is CC(=N)N1CCC(Oc2ccc3c(nc(CCC(=O)O)n3-c3ccc(C(=N)N)c4ccccc34)c2C)CC1. The highest BCUT2D eigenvalue weighted by Gasteiger charge is 2.23. The van der Waals surface area contributed by atoms with Crippen LogP contribution in [0.3, 0.4) is 0 Å². The number of fused-ring (bicyclic) bond motifs is 2. The Morgan fingerprint density at radius 3 is 2.47 bits per heavy atom. The van der Waals surface area contributed by atoms with Crippen molar-refractivity contribution in [2.75, 3.05) is 13.1 Å². The number of carbonyl (C=O) groups is 1. The molecule has 0 spiro atoms. The van der Waals surface area contributed by atoms with Gasteiger partial charge in [0.05, 0.1) is 29.0 Å². The van der Waals surface area contributed by atoms with Crippen molar-refractivity contribution in [1.82, 2.24) is 14.5 Å². The number of nitrogens with zero attached hydrogens (tertiary/aromatic N) is 3. The number of nitrogen functional groups attached to an aromatic ring is 1. The zero-order valence-corrected chi connectivity index (χ0v) is 21.6. The Morgan fingerprint density at radius 1 is 1.11 bits per heavy atom. The van der Waals surface area contributed by atoms with Gasteiger partial charge < -0.3 is 20.5 Å². The van der Waals surface area contributed by atoms with E-state index in [0.29, 0.717) is 17.2 Å². The van der Waals surface area contributed by atoms with E-state index in [-0.39, 0.29) is 24.8 Å². The van der Waals surface area contributed by atoms with Crippen LogP contribution in [0.1, 0.15) is 43.1 Å². The summed E-state index contributed by atoms with van der Waals surface area (Å²) in [6.07, 6.45) is 1.99. The zero-order valence-electron chi connectivity index (χ0n) is 21.6. The maximum Gasteiger partial charge on any atom is 0.303 e. The number of hydrogen-bond donors (Lipinski definition) is 4. The lowest BCUT2D eigenvalue weighted by Gasteiger charge is -2.33. The van der Waals surface area contributed by atoms with Crippen LogP contribution >= 0.6 is 0 Å². The lowest BCUT2D eigenvalue weighted by atomic mass is 10.0. The molecule has 0 atom stereocenters. The average molecular weight is 513 g/mol. The van der Waals surface area contributed by atoms with Crippen molar-refractivity contribution in [2.45, 2.75) is 45.6 Å². The van der Waals surface area contributed by atoms with Gasteiger partial charge in [-0.2, -0.15) is 0 Å². The summed E-state index contributed by atoms with van der Waals surface area (Å²) in [5.41, 5.74) is 9.91. The van der Waals surface area contributed by atoms with Crippen molar-refractivity contribution in [3.63, 3.8) is 0 Å². The van der Waals surface area contributed by atoms with Crippen LogP contribution in [0.4, 0.5) is 0 Å². The number of carboxylic acid groups (broad SMARTS) is 1. The summed E-state index contributed by atoms with van der Waals surface area (Å²) < 4.78 is 8.43. The van der Waals surface area contributed by atoms with Gasteiger partial charge in [-0.25, -0.2) is 4.98 Å². The first-order valence-electron chi connectivity index (χ1n) is 12.8. The summed E-state index contributed by atoms with van der Waals surface area (Å²) in [6.45, 7) is 5.41. The summed E-state index contributed by atoms with van der Waals surface area (Å²) in [6, 6.07) is 15.5. The number of carboxylic acids is 1. The predicted molar refractivity (Wildman–Crippen MR) is 149 cm³/mol.